The SMILES string of the molecule is O=C1C[C@@H](c2ccc(-c3ccc(Br)cc3)cc2)Cc2ccccc21. The molecule has 24 heavy (non-hydrogen) atoms. The van der Waals surface area contributed by atoms with E-state index in [1.165, 1.54) is 22.3 Å². The largest absolute Gasteiger partial charge is 0.294 e. The summed E-state index contributed by atoms with van der Waals surface area (Å²) in [5, 5.41) is 0. The molecule has 1 aliphatic rings. The van der Waals surface area contributed by atoms with E-state index >= 15 is 0 Å². The van der Waals surface area contributed by atoms with Crippen LogP contribution in [0, 0.1) is 0 Å². The van der Waals surface area contributed by atoms with Gasteiger partial charge in [0.05, 0.1) is 0 Å². The number of carbonyl (C=O) groups excluding carboxylic acids is 1. The molecule has 0 heterocycles. The van der Waals surface area contributed by atoms with Crippen molar-refractivity contribution in [3.63, 3.8) is 0 Å². The Morgan fingerprint density at radius 1 is 0.750 bits per heavy atom. The summed E-state index contributed by atoms with van der Waals surface area (Å²) in [5.41, 5.74) is 5.73. The van der Waals surface area contributed by atoms with Crippen molar-refractivity contribution in [3.05, 3.63) is 94.0 Å². The van der Waals surface area contributed by atoms with Gasteiger partial charge < -0.3 is 0 Å². The van der Waals surface area contributed by atoms with Crippen molar-refractivity contribution in [1.82, 2.24) is 0 Å². The van der Waals surface area contributed by atoms with E-state index in [2.05, 4.69) is 70.5 Å². The van der Waals surface area contributed by atoms with Crippen molar-refractivity contribution in [3.8, 4) is 11.1 Å². The van der Waals surface area contributed by atoms with Crippen LogP contribution in [0.15, 0.2) is 77.3 Å². The van der Waals surface area contributed by atoms with Gasteiger partial charge in [-0.15, -0.1) is 0 Å². The molecule has 3 aromatic rings. The van der Waals surface area contributed by atoms with Gasteiger partial charge in [-0.05, 0) is 46.7 Å². The smallest absolute Gasteiger partial charge is 0.163 e. The van der Waals surface area contributed by atoms with E-state index in [0.29, 0.717) is 6.42 Å². The molecule has 3 aromatic carbocycles. The molecule has 0 radical (unpaired) electrons. The number of Topliss-reactive ketones (excluding diaryl/α,β-unsaturated/α-hetero) is 1. The highest BCUT2D eigenvalue weighted by molar-refractivity contribution is 9.10. The van der Waals surface area contributed by atoms with E-state index in [-0.39, 0.29) is 11.7 Å². The highest BCUT2D eigenvalue weighted by atomic mass is 79.9. The zero-order valence-electron chi connectivity index (χ0n) is 13.2. The maximum atomic E-state index is 12.4. The van der Waals surface area contributed by atoms with Gasteiger partial charge in [0.2, 0.25) is 0 Å². The fourth-order valence-corrected chi connectivity index (χ4v) is 3.73. The molecule has 1 aliphatic carbocycles. The van der Waals surface area contributed by atoms with Crippen molar-refractivity contribution >= 4 is 21.7 Å². The number of carbonyl (C=O) groups is 1. The number of halogens is 1. The predicted molar refractivity (Wildman–Crippen MR) is 101 cm³/mol. The van der Waals surface area contributed by atoms with Gasteiger partial charge in [-0.1, -0.05) is 76.6 Å². The first-order chi connectivity index (χ1) is 11.7. The lowest BCUT2D eigenvalue weighted by atomic mass is 9.79. The Hall–Kier alpha value is -2.19. The van der Waals surface area contributed by atoms with Crippen LogP contribution in [0.1, 0.15) is 33.8 Å². The van der Waals surface area contributed by atoms with Crippen LogP contribution in [-0.4, -0.2) is 5.78 Å². The molecule has 0 spiro atoms. The molecule has 0 amide bonds. The zero-order valence-corrected chi connectivity index (χ0v) is 14.8. The van der Waals surface area contributed by atoms with E-state index in [1.54, 1.807) is 0 Å². The molecule has 0 saturated carbocycles. The molecule has 0 bridgehead atoms. The third-order valence-corrected chi connectivity index (χ3v) is 5.30. The van der Waals surface area contributed by atoms with E-state index in [4.69, 9.17) is 0 Å². The molecular weight excluding hydrogens is 360 g/mol. The quantitative estimate of drug-likeness (QED) is 0.533. The second-order valence-electron chi connectivity index (χ2n) is 6.31. The fourth-order valence-electron chi connectivity index (χ4n) is 3.47. The highest BCUT2D eigenvalue weighted by Crippen LogP contribution is 2.33. The van der Waals surface area contributed by atoms with Crippen LogP contribution >= 0.6 is 15.9 Å². The Morgan fingerprint density at radius 2 is 1.38 bits per heavy atom. The normalized spacial score (nSPS) is 16.7. The second kappa shape index (κ2) is 6.37. The Bertz CT molecular complexity index is 879. The Labute approximate surface area is 150 Å². The van der Waals surface area contributed by atoms with Crippen LogP contribution in [0.25, 0.3) is 11.1 Å². The standard InChI is InChI=1S/C22H17BrO/c23-20-11-9-16(10-12-20)15-5-7-17(8-6-15)19-13-18-3-1-2-4-21(18)22(24)14-19/h1-12,19H,13-14H2/t19-/m0/s1. The first-order valence-corrected chi connectivity index (χ1v) is 8.97. The van der Waals surface area contributed by atoms with Crippen LogP contribution in [0.4, 0.5) is 0 Å². The average molecular weight is 377 g/mol. The monoisotopic (exact) mass is 376 g/mol. The minimum absolute atomic E-state index is 0.263. The molecule has 4 rings (SSSR count). The number of benzene rings is 3. The van der Waals surface area contributed by atoms with Gasteiger partial charge >= 0.3 is 0 Å². The van der Waals surface area contributed by atoms with Crippen molar-refractivity contribution in [2.45, 2.75) is 18.8 Å². The Balaban J connectivity index is 1.60. The van der Waals surface area contributed by atoms with Gasteiger partial charge in [0.15, 0.2) is 5.78 Å². The maximum absolute atomic E-state index is 12.4. The highest BCUT2D eigenvalue weighted by Gasteiger charge is 2.25. The summed E-state index contributed by atoms with van der Waals surface area (Å²) in [7, 11) is 0. The van der Waals surface area contributed by atoms with Crippen LogP contribution in [0.3, 0.4) is 0 Å². The van der Waals surface area contributed by atoms with Crippen LogP contribution in [0.2, 0.25) is 0 Å². The van der Waals surface area contributed by atoms with Crippen molar-refractivity contribution in [1.29, 1.82) is 0 Å². The van der Waals surface area contributed by atoms with E-state index < -0.39 is 0 Å². The summed E-state index contributed by atoms with van der Waals surface area (Å²) in [6, 6.07) is 25.0. The van der Waals surface area contributed by atoms with Gasteiger partial charge in [0.25, 0.3) is 0 Å². The van der Waals surface area contributed by atoms with Crippen LogP contribution < -0.4 is 0 Å². The topological polar surface area (TPSA) is 17.1 Å². The molecule has 1 atom stereocenters. The average Bonchev–Trinajstić information content (AvgIpc) is 2.62. The predicted octanol–water partition coefficient (Wildman–Crippen LogP) is 6.03. The zero-order chi connectivity index (χ0) is 16.5. The van der Waals surface area contributed by atoms with Gasteiger partial charge in [-0.2, -0.15) is 0 Å². The number of fused-ring (bicyclic) bond motifs is 1. The van der Waals surface area contributed by atoms with Crippen molar-refractivity contribution in [2.75, 3.05) is 0 Å². The first kappa shape index (κ1) is 15.3. The van der Waals surface area contributed by atoms with Crippen molar-refractivity contribution < 1.29 is 4.79 Å². The number of hydrogen-bond acceptors (Lipinski definition) is 1. The van der Waals surface area contributed by atoms with E-state index in [1.807, 2.05) is 18.2 Å². The maximum Gasteiger partial charge on any atom is 0.163 e. The summed E-state index contributed by atoms with van der Waals surface area (Å²) >= 11 is 3.47. The summed E-state index contributed by atoms with van der Waals surface area (Å²) in [6.45, 7) is 0. The minimum Gasteiger partial charge on any atom is -0.294 e. The molecular formula is C22H17BrO. The van der Waals surface area contributed by atoms with Crippen molar-refractivity contribution in [2.24, 2.45) is 0 Å². The van der Waals surface area contributed by atoms with Gasteiger partial charge in [0, 0.05) is 16.5 Å². The van der Waals surface area contributed by atoms with E-state index in [9.17, 15) is 4.79 Å². The lowest BCUT2D eigenvalue weighted by Gasteiger charge is -2.24. The fraction of sp³-hybridized carbons (Fsp3) is 0.136. The Morgan fingerprint density at radius 3 is 2.08 bits per heavy atom. The minimum atomic E-state index is 0.263. The van der Waals surface area contributed by atoms with Gasteiger partial charge in [0.1, 0.15) is 0 Å². The van der Waals surface area contributed by atoms with Gasteiger partial charge in [-0.25, -0.2) is 0 Å². The van der Waals surface area contributed by atoms with Crippen LogP contribution in [0.5, 0.6) is 0 Å². The second-order valence-corrected chi connectivity index (χ2v) is 7.23. The molecule has 1 nitrogen and oxygen atoms in total. The summed E-state index contributed by atoms with van der Waals surface area (Å²) in [4.78, 5) is 12.4. The first-order valence-electron chi connectivity index (χ1n) is 8.18. The lowest BCUT2D eigenvalue weighted by molar-refractivity contribution is 0.0964. The molecule has 0 saturated heterocycles. The third kappa shape index (κ3) is 2.94. The molecule has 118 valence electrons. The van der Waals surface area contributed by atoms with Gasteiger partial charge in [-0.3, -0.25) is 4.79 Å². The summed E-state index contributed by atoms with van der Waals surface area (Å²) in [5.74, 6) is 0.546. The Kier molecular flexibility index (Phi) is 4.07. The number of ketones is 1. The van der Waals surface area contributed by atoms with E-state index in [0.717, 1.165) is 16.5 Å². The number of hydrogen-bond donors (Lipinski definition) is 0. The summed E-state index contributed by atoms with van der Waals surface area (Å²) < 4.78 is 1.09. The molecule has 0 aliphatic heterocycles. The molecule has 0 unspecified atom stereocenters. The molecule has 0 N–H and O–H groups in total. The molecule has 2 heteroatoms. The van der Waals surface area contributed by atoms with Crippen LogP contribution in [-0.2, 0) is 6.42 Å². The molecule has 0 fully saturated rings. The molecule has 0 aromatic heterocycles. The number of rotatable bonds is 2. The summed E-state index contributed by atoms with van der Waals surface area (Å²) in [6.07, 6.45) is 1.55. The third-order valence-electron chi connectivity index (χ3n) is 4.78. The lowest BCUT2D eigenvalue weighted by Crippen LogP contribution is -2.18.